The van der Waals surface area contributed by atoms with E-state index in [0.29, 0.717) is 11.8 Å². The normalized spacial score (nSPS) is 11.3. The van der Waals surface area contributed by atoms with E-state index in [0.717, 1.165) is 0 Å². The molecule has 0 radical (unpaired) electrons. The number of alkyl halides is 3. The van der Waals surface area contributed by atoms with Gasteiger partial charge in [0.1, 0.15) is 18.6 Å². The van der Waals surface area contributed by atoms with Gasteiger partial charge in [-0.2, -0.15) is 0 Å². The summed E-state index contributed by atoms with van der Waals surface area (Å²) in [4.78, 5) is 10.4. The Bertz CT molecular complexity index is 393. The van der Waals surface area contributed by atoms with E-state index >= 15 is 0 Å². The lowest BCUT2D eigenvalue weighted by Crippen LogP contribution is -2.18. The first kappa shape index (κ1) is 13.8. The standard InChI is InChI=1S/C10H8ClF3O3/c11-8-5-7(6-15)1-2-9(8)16-3-4-17-10(12,13)14/h1-2,5-6H,3-4H2. The molecule has 0 spiro atoms. The Morgan fingerprint density at radius 3 is 2.53 bits per heavy atom. The number of hydrogen-bond acceptors (Lipinski definition) is 3. The molecule has 17 heavy (non-hydrogen) atoms. The minimum atomic E-state index is -4.67. The maximum absolute atomic E-state index is 11.6. The van der Waals surface area contributed by atoms with Gasteiger partial charge in [-0.05, 0) is 18.2 Å². The van der Waals surface area contributed by atoms with E-state index in [4.69, 9.17) is 16.3 Å². The molecule has 0 N–H and O–H groups in total. The van der Waals surface area contributed by atoms with Crippen LogP contribution < -0.4 is 4.74 Å². The number of aldehydes is 1. The summed E-state index contributed by atoms with van der Waals surface area (Å²) in [7, 11) is 0. The van der Waals surface area contributed by atoms with Crippen LogP contribution in [-0.2, 0) is 4.74 Å². The van der Waals surface area contributed by atoms with E-state index in [1.165, 1.54) is 18.2 Å². The second-order valence-electron chi connectivity index (χ2n) is 2.95. The molecule has 0 unspecified atom stereocenters. The van der Waals surface area contributed by atoms with E-state index < -0.39 is 13.0 Å². The minimum Gasteiger partial charge on any atom is -0.490 e. The van der Waals surface area contributed by atoms with Crippen molar-refractivity contribution in [1.82, 2.24) is 0 Å². The first-order valence-electron chi connectivity index (χ1n) is 4.50. The molecular weight excluding hydrogens is 261 g/mol. The molecule has 1 rings (SSSR count). The lowest BCUT2D eigenvalue weighted by Gasteiger charge is -2.10. The Morgan fingerprint density at radius 2 is 2.00 bits per heavy atom. The SMILES string of the molecule is O=Cc1ccc(OCCOC(F)(F)F)c(Cl)c1. The minimum absolute atomic E-state index is 0.154. The van der Waals surface area contributed by atoms with E-state index in [2.05, 4.69) is 4.74 Å². The summed E-state index contributed by atoms with van der Waals surface area (Å²) >= 11 is 5.73. The molecule has 0 aliphatic heterocycles. The second kappa shape index (κ2) is 5.88. The van der Waals surface area contributed by atoms with Gasteiger partial charge in [0.05, 0.1) is 11.6 Å². The first-order valence-corrected chi connectivity index (χ1v) is 4.88. The fraction of sp³-hybridized carbons (Fsp3) is 0.300. The van der Waals surface area contributed by atoms with Crippen LogP contribution in [-0.4, -0.2) is 25.9 Å². The number of halogens is 4. The van der Waals surface area contributed by atoms with Gasteiger partial charge in [0, 0.05) is 5.56 Å². The molecule has 0 bridgehead atoms. The number of hydrogen-bond donors (Lipinski definition) is 0. The second-order valence-corrected chi connectivity index (χ2v) is 3.36. The summed E-state index contributed by atoms with van der Waals surface area (Å²) in [5.41, 5.74) is 0.355. The van der Waals surface area contributed by atoms with Crippen molar-refractivity contribution >= 4 is 17.9 Å². The van der Waals surface area contributed by atoms with Crippen LogP contribution in [0.25, 0.3) is 0 Å². The molecule has 7 heteroatoms. The molecule has 0 amide bonds. The van der Waals surface area contributed by atoms with Gasteiger partial charge in [0.15, 0.2) is 0 Å². The number of carbonyl (C=O) groups is 1. The van der Waals surface area contributed by atoms with Crippen LogP contribution in [0.5, 0.6) is 5.75 Å². The number of ether oxygens (including phenoxy) is 2. The zero-order valence-corrected chi connectivity index (χ0v) is 9.22. The largest absolute Gasteiger partial charge is 0.522 e. The third kappa shape index (κ3) is 5.06. The third-order valence-electron chi connectivity index (χ3n) is 1.70. The molecule has 0 saturated heterocycles. The Balaban J connectivity index is 2.44. The van der Waals surface area contributed by atoms with Gasteiger partial charge in [-0.1, -0.05) is 11.6 Å². The van der Waals surface area contributed by atoms with Crippen molar-refractivity contribution in [3.05, 3.63) is 28.8 Å². The van der Waals surface area contributed by atoms with E-state index in [1.54, 1.807) is 0 Å². The van der Waals surface area contributed by atoms with Gasteiger partial charge in [-0.25, -0.2) is 0 Å². The van der Waals surface area contributed by atoms with Crippen molar-refractivity contribution in [2.75, 3.05) is 13.2 Å². The molecule has 3 nitrogen and oxygen atoms in total. The van der Waals surface area contributed by atoms with Crippen molar-refractivity contribution in [3.8, 4) is 5.75 Å². The van der Waals surface area contributed by atoms with Crippen LogP contribution in [0.15, 0.2) is 18.2 Å². The summed E-state index contributed by atoms with van der Waals surface area (Å²) in [6, 6.07) is 4.20. The molecule has 94 valence electrons. The number of benzene rings is 1. The van der Waals surface area contributed by atoms with Gasteiger partial charge in [-0.3, -0.25) is 9.53 Å². The zero-order chi connectivity index (χ0) is 12.9. The Hall–Kier alpha value is -1.27. The number of carbonyl (C=O) groups excluding carboxylic acids is 1. The Kier molecular flexibility index (Phi) is 4.77. The first-order chi connectivity index (χ1) is 7.92. The highest BCUT2D eigenvalue weighted by Crippen LogP contribution is 2.25. The van der Waals surface area contributed by atoms with Gasteiger partial charge in [0.2, 0.25) is 0 Å². The van der Waals surface area contributed by atoms with Crippen LogP contribution in [0.2, 0.25) is 5.02 Å². The topological polar surface area (TPSA) is 35.5 Å². The average Bonchev–Trinajstić information content (AvgIpc) is 2.24. The molecule has 0 saturated carbocycles. The van der Waals surface area contributed by atoms with Gasteiger partial charge in [0.25, 0.3) is 0 Å². The molecule has 0 atom stereocenters. The van der Waals surface area contributed by atoms with Crippen molar-refractivity contribution < 1.29 is 27.4 Å². The highest BCUT2D eigenvalue weighted by Gasteiger charge is 2.28. The van der Waals surface area contributed by atoms with Crippen molar-refractivity contribution in [2.24, 2.45) is 0 Å². The highest BCUT2D eigenvalue weighted by molar-refractivity contribution is 6.32. The molecule has 0 aliphatic carbocycles. The summed E-state index contributed by atoms with van der Waals surface area (Å²) in [5, 5.41) is 0.154. The summed E-state index contributed by atoms with van der Waals surface area (Å²) in [5.74, 6) is 0.197. The number of rotatable bonds is 5. The predicted molar refractivity (Wildman–Crippen MR) is 54.3 cm³/mol. The van der Waals surface area contributed by atoms with Crippen LogP contribution >= 0.6 is 11.6 Å². The monoisotopic (exact) mass is 268 g/mol. The third-order valence-corrected chi connectivity index (χ3v) is 1.99. The van der Waals surface area contributed by atoms with E-state index in [-0.39, 0.29) is 17.4 Å². The fourth-order valence-corrected chi connectivity index (χ4v) is 1.26. The summed E-state index contributed by atoms with van der Waals surface area (Å²) in [6.45, 7) is -0.922. The van der Waals surface area contributed by atoms with Crippen LogP contribution in [0, 0.1) is 0 Å². The molecule has 0 heterocycles. The molecule has 0 aromatic heterocycles. The molecule has 0 fully saturated rings. The average molecular weight is 269 g/mol. The van der Waals surface area contributed by atoms with Crippen LogP contribution in [0.3, 0.4) is 0 Å². The van der Waals surface area contributed by atoms with E-state index in [1.807, 2.05) is 0 Å². The van der Waals surface area contributed by atoms with Gasteiger partial charge in [-0.15, -0.1) is 13.2 Å². The maximum atomic E-state index is 11.6. The molecule has 0 aliphatic rings. The Morgan fingerprint density at radius 1 is 1.29 bits per heavy atom. The fourth-order valence-electron chi connectivity index (χ4n) is 1.02. The van der Waals surface area contributed by atoms with Gasteiger partial charge < -0.3 is 4.74 Å². The van der Waals surface area contributed by atoms with Crippen LogP contribution in [0.4, 0.5) is 13.2 Å². The molecular formula is C10H8ClF3O3. The smallest absolute Gasteiger partial charge is 0.490 e. The zero-order valence-electron chi connectivity index (χ0n) is 8.46. The van der Waals surface area contributed by atoms with Crippen molar-refractivity contribution in [3.63, 3.8) is 0 Å². The Labute approximate surface area is 100 Å². The van der Waals surface area contributed by atoms with Crippen molar-refractivity contribution in [1.29, 1.82) is 0 Å². The van der Waals surface area contributed by atoms with Crippen molar-refractivity contribution in [2.45, 2.75) is 6.36 Å². The highest BCUT2D eigenvalue weighted by atomic mass is 35.5. The quantitative estimate of drug-likeness (QED) is 0.608. The lowest BCUT2D eigenvalue weighted by molar-refractivity contribution is -0.325. The summed E-state index contributed by atoms with van der Waals surface area (Å²) < 4.78 is 43.3. The maximum Gasteiger partial charge on any atom is 0.522 e. The van der Waals surface area contributed by atoms with Crippen LogP contribution in [0.1, 0.15) is 10.4 Å². The molecule has 1 aromatic carbocycles. The predicted octanol–water partition coefficient (Wildman–Crippen LogP) is 3.07. The van der Waals surface area contributed by atoms with Gasteiger partial charge >= 0.3 is 6.36 Å². The van der Waals surface area contributed by atoms with E-state index in [9.17, 15) is 18.0 Å². The lowest BCUT2D eigenvalue weighted by atomic mass is 10.2. The summed E-state index contributed by atoms with van der Waals surface area (Å²) in [6.07, 6.45) is -4.07. The molecule has 1 aromatic rings.